The fraction of sp³-hybridized carbons (Fsp3) is 0.381. The van der Waals surface area contributed by atoms with Gasteiger partial charge >= 0.3 is 0 Å². The maximum atomic E-state index is 12.7. The summed E-state index contributed by atoms with van der Waals surface area (Å²) in [6, 6.07) is 14.0. The van der Waals surface area contributed by atoms with Crippen molar-refractivity contribution in [3.05, 3.63) is 48.5 Å². The van der Waals surface area contributed by atoms with Crippen LogP contribution in [0.1, 0.15) is 12.8 Å². The predicted octanol–water partition coefficient (Wildman–Crippen LogP) is 3.15. The van der Waals surface area contributed by atoms with Gasteiger partial charge < -0.3 is 20.5 Å². The lowest BCUT2D eigenvalue weighted by Gasteiger charge is -2.30. The summed E-state index contributed by atoms with van der Waals surface area (Å²) in [5.74, 6) is 1.83. The Morgan fingerprint density at radius 2 is 1.74 bits per heavy atom. The van der Waals surface area contributed by atoms with Crippen molar-refractivity contribution in [1.82, 2.24) is 4.31 Å². The van der Waals surface area contributed by atoms with Gasteiger partial charge in [-0.1, -0.05) is 18.2 Å². The topological polar surface area (TPSA) is 106 Å². The Kier molecular flexibility index (Phi) is 9.38. The molecular weight excluding hydrogens is 531 g/mol. The summed E-state index contributed by atoms with van der Waals surface area (Å²) in [7, 11) is -0.278. The number of sulfonamides is 1. The molecule has 1 heterocycles. The van der Waals surface area contributed by atoms with Gasteiger partial charge in [0.1, 0.15) is 0 Å². The molecule has 0 amide bonds. The summed E-state index contributed by atoms with van der Waals surface area (Å²) >= 11 is 0. The van der Waals surface area contributed by atoms with Crippen LogP contribution in [0.15, 0.2) is 58.4 Å². The molecule has 2 aromatic rings. The van der Waals surface area contributed by atoms with Crippen molar-refractivity contribution in [3.8, 4) is 11.5 Å². The second-order valence-electron chi connectivity index (χ2n) is 7.08. The molecule has 0 radical (unpaired) electrons. The number of hydrogen-bond acceptors (Lipinski definition) is 5. The molecule has 1 aliphatic heterocycles. The molecule has 8 nitrogen and oxygen atoms in total. The number of guanidine groups is 1. The quantitative estimate of drug-likeness (QED) is 0.306. The summed E-state index contributed by atoms with van der Waals surface area (Å²) < 4.78 is 37.5. The van der Waals surface area contributed by atoms with E-state index >= 15 is 0 Å². The van der Waals surface area contributed by atoms with Gasteiger partial charge in [-0.25, -0.2) is 8.42 Å². The smallest absolute Gasteiger partial charge is 0.243 e. The molecule has 31 heavy (non-hydrogen) atoms. The number of nitrogens with one attached hydrogen (secondary N) is 1. The van der Waals surface area contributed by atoms with Gasteiger partial charge in [0.15, 0.2) is 17.5 Å². The third-order valence-corrected chi connectivity index (χ3v) is 7.04. The summed E-state index contributed by atoms with van der Waals surface area (Å²) in [5, 5.41) is 3.05. The molecule has 3 rings (SSSR count). The van der Waals surface area contributed by atoms with Crippen molar-refractivity contribution in [2.24, 2.45) is 16.6 Å². The third kappa shape index (κ3) is 6.47. The summed E-state index contributed by atoms with van der Waals surface area (Å²) in [6.07, 6.45) is 1.50. The number of piperidine rings is 1. The lowest BCUT2D eigenvalue weighted by Crippen LogP contribution is -2.39. The van der Waals surface area contributed by atoms with Gasteiger partial charge in [0, 0.05) is 31.4 Å². The minimum absolute atomic E-state index is 0. The van der Waals surface area contributed by atoms with Crippen molar-refractivity contribution in [2.75, 3.05) is 39.2 Å². The van der Waals surface area contributed by atoms with Crippen molar-refractivity contribution < 1.29 is 17.9 Å². The van der Waals surface area contributed by atoms with E-state index in [1.807, 2.05) is 12.1 Å². The second kappa shape index (κ2) is 11.5. The van der Waals surface area contributed by atoms with E-state index in [4.69, 9.17) is 15.2 Å². The minimum Gasteiger partial charge on any atom is -0.493 e. The summed E-state index contributed by atoms with van der Waals surface area (Å²) in [5.41, 5.74) is 6.77. The maximum absolute atomic E-state index is 12.7. The minimum atomic E-state index is -3.43. The van der Waals surface area contributed by atoms with Crippen LogP contribution >= 0.6 is 24.0 Å². The first-order chi connectivity index (χ1) is 14.4. The van der Waals surface area contributed by atoms with Crippen molar-refractivity contribution in [3.63, 3.8) is 0 Å². The highest BCUT2D eigenvalue weighted by Crippen LogP contribution is 2.29. The molecule has 1 fully saturated rings. The van der Waals surface area contributed by atoms with Crippen LogP contribution in [-0.2, 0) is 10.0 Å². The number of ether oxygens (including phenoxy) is 2. The lowest BCUT2D eigenvalue weighted by atomic mass is 9.98. The van der Waals surface area contributed by atoms with Crippen LogP contribution < -0.4 is 20.5 Å². The summed E-state index contributed by atoms with van der Waals surface area (Å²) in [4.78, 5) is 4.77. The highest BCUT2D eigenvalue weighted by atomic mass is 127. The van der Waals surface area contributed by atoms with E-state index in [1.165, 1.54) is 0 Å². The van der Waals surface area contributed by atoms with Crippen LogP contribution in [0.2, 0.25) is 0 Å². The van der Waals surface area contributed by atoms with Crippen LogP contribution in [0.3, 0.4) is 0 Å². The molecule has 0 aliphatic carbocycles. The zero-order valence-corrected chi connectivity index (χ0v) is 20.8. The van der Waals surface area contributed by atoms with E-state index < -0.39 is 10.0 Å². The van der Waals surface area contributed by atoms with E-state index in [-0.39, 0.29) is 29.9 Å². The van der Waals surface area contributed by atoms with E-state index in [2.05, 4.69) is 10.3 Å². The third-order valence-electron chi connectivity index (χ3n) is 5.13. The monoisotopic (exact) mass is 560 g/mol. The first kappa shape index (κ1) is 25.2. The SMILES string of the molecule is COc1ccc(NC(N)=NCC2CCN(S(=O)(=O)c3ccccc3)CC2)cc1OC.I. The van der Waals surface area contributed by atoms with Gasteiger partial charge in [-0.3, -0.25) is 4.99 Å². The number of nitrogens with two attached hydrogens (primary N) is 1. The number of nitrogens with zero attached hydrogens (tertiary/aromatic N) is 2. The Labute approximate surface area is 200 Å². The Balaban J connectivity index is 0.00000341. The Hall–Kier alpha value is -2.05. The van der Waals surface area contributed by atoms with Gasteiger partial charge in [-0.15, -0.1) is 24.0 Å². The number of benzene rings is 2. The zero-order chi connectivity index (χ0) is 21.6. The van der Waals surface area contributed by atoms with Gasteiger partial charge in [0.25, 0.3) is 0 Å². The molecule has 1 aliphatic rings. The molecular formula is C21H29IN4O4S. The molecule has 0 unspecified atom stereocenters. The normalized spacial score (nSPS) is 15.7. The lowest BCUT2D eigenvalue weighted by molar-refractivity contribution is 0.279. The fourth-order valence-electron chi connectivity index (χ4n) is 3.40. The molecule has 0 bridgehead atoms. The van der Waals surface area contributed by atoms with Gasteiger partial charge in [-0.2, -0.15) is 4.31 Å². The molecule has 1 saturated heterocycles. The Morgan fingerprint density at radius 1 is 1.10 bits per heavy atom. The Morgan fingerprint density at radius 3 is 2.35 bits per heavy atom. The van der Waals surface area contributed by atoms with Crippen LogP contribution in [-0.4, -0.2) is 52.5 Å². The van der Waals surface area contributed by atoms with E-state index in [0.29, 0.717) is 42.0 Å². The van der Waals surface area contributed by atoms with Crippen molar-refractivity contribution >= 4 is 45.6 Å². The number of hydrogen-bond donors (Lipinski definition) is 2. The maximum Gasteiger partial charge on any atom is 0.243 e. The molecule has 0 aromatic heterocycles. The zero-order valence-electron chi connectivity index (χ0n) is 17.7. The molecule has 0 spiro atoms. The highest BCUT2D eigenvalue weighted by Gasteiger charge is 2.29. The van der Waals surface area contributed by atoms with Crippen LogP contribution in [0.5, 0.6) is 11.5 Å². The standard InChI is InChI=1S/C21H28N4O4S.HI/c1-28-19-9-8-17(14-20(19)29-2)24-21(22)23-15-16-10-12-25(13-11-16)30(26,27)18-6-4-3-5-7-18;/h3-9,14,16H,10-13,15H2,1-2H3,(H3,22,23,24);1H. The van der Waals surface area contributed by atoms with Gasteiger partial charge in [0.05, 0.1) is 19.1 Å². The van der Waals surface area contributed by atoms with Crippen LogP contribution in [0.25, 0.3) is 0 Å². The van der Waals surface area contributed by atoms with E-state index in [1.54, 1.807) is 54.9 Å². The number of halogens is 1. The summed E-state index contributed by atoms with van der Waals surface area (Å²) in [6.45, 7) is 1.52. The Bertz CT molecular complexity index is 978. The number of anilines is 1. The molecule has 0 atom stereocenters. The fourth-order valence-corrected chi connectivity index (χ4v) is 4.89. The molecule has 3 N–H and O–H groups in total. The van der Waals surface area contributed by atoms with Crippen LogP contribution in [0.4, 0.5) is 5.69 Å². The van der Waals surface area contributed by atoms with Crippen molar-refractivity contribution in [1.29, 1.82) is 0 Å². The van der Waals surface area contributed by atoms with Gasteiger partial charge in [-0.05, 0) is 43.0 Å². The van der Waals surface area contributed by atoms with E-state index in [0.717, 1.165) is 18.5 Å². The number of aliphatic imine (C=N–C) groups is 1. The van der Waals surface area contributed by atoms with Gasteiger partial charge in [0.2, 0.25) is 10.0 Å². The second-order valence-corrected chi connectivity index (χ2v) is 9.02. The molecule has 170 valence electrons. The molecule has 10 heteroatoms. The molecule has 2 aromatic carbocycles. The van der Waals surface area contributed by atoms with Crippen molar-refractivity contribution in [2.45, 2.75) is 17.7 Å². The highest BCUT2D eigenvalue weighted by molar-refractivity contribution is 14.0. The number of rotatable bonds is 7. The van der Waals surface area contributed by atoms with E-state index in [9.17, 15) is 8.42 Å². The predicted molar refractivity (Wildman–Crippen MR) is 133 cm³/mol. The first-order valence-corrected chi connectivity index (χ1v) is 11.2. The van der Waals surface area contributed by atoms with Crippen LogP contribution in [0, 0.1) is 5.92 Å². The largest absolute Gasteiger partial charge is 0.493 e. The molecule has 0 saturated carbocycles. The first-order valence-electron chi connectivity index (χ1n) is 9.78. The average Bonchev–Trinajstić information content (AvgIpc) is 2.78. The average molecular weight is 560 g/mol. The number of methoxy groups -OCH3 is 2.